The molecular weight excluding hydrogens is 500 g/mol. The molecule has 2 amide bonds. The highest BCUT2D eigenvalue weighted by Gasteiger charge is 2.34. The van der Waals surface area contributed by atoms with Gasteiger partial charge >= 0.3 is 0 Å². The molecule has 0 saturated carbocycles. The number of carbonyl (C=O) groups is 2. The van der Waals surface area contributed by atoms with Crippen molar-refractivity contribution in [3.05, 3.63) is 99.0 Å². The number of ether oxygens (including phenoxy) is 1. The molecule has 0 bridgehead atoms. The molecule has 4 heterocycles. The number of fused-ring (bicyclic) bond motifs is 1. The quantitative estimate of drug-likeness (QED) is 0.293. The molecule has 3 aromatic heterocycles. The van der Waals surface area contributed by atoms with Gasteiger partial charge in [0.1, 0.15) is 24.7 Å². The highest BCUT2D eigenvalue weighted by molar-refractivity contribution is 7.10. The van der Waals surface area contributed by atoms with Crippen LogP contribution in [0.5, 0.6) is 5.75 Å². The van der Waals surface area contributed by atoms with Crippen molar-refractivity contribution in [2.75, 3.05) is 19.7 Å². The molecule has 1 atom stereocenters. The van der Waals surface area contributed by atoms with Crippen LogP contribution in [0.2, 0.25) is 5.02 Å². The van der Waals surface area contributed by atoms with Crippen molar-refractivity contribution in [1.29, 1.82) is 0 Å². The second-order valence-corrected chi connectivity index (χ2v) is 10.00. The second kappa shape index (κ2) is 10.6. The summed E-state index contributed by atoms with van der Waals surface area (Å²) in [5.74, 6) is 0.909. The third-order valence-electron chi connectivity index (χ3n) is 6.22. The molecule has 0 radical (unpaired) electrons. The summed E-state index contributed by atoms with van der Waals surface area (Å²) in [6.45, 7) is 2.80. The Morgan fingerprint density at radius 3 is 2.75 bits per heavy atom. The van der Waals surface area contributed by atoms with E-state index in [4.69, 9.17) is 25.2 Å². The standard InChI is InChI=1S/C27H25ClN2O5S/c1-18-14-19(6-7-22(18)28)35-17-23-21-9-13-36-25(21)8-10-30(23)26(31)16-29(15-20-4-2-11-33-20)27(32)24-5-3-12-34-24/h2-7,9,11-14,23H,8,10,15-17H2,1H3. The van der Waals surface area contributed by atoms with Gasteiger partial charge < -0.3 is 23.4 Å². The molecule has 5 rings (SSSR count). The summed E-state index contributed by atoms with van der Waals surface area (Å²) < 4.78 is 16.9. The maximum atomic E-state index is 13.7. The zero-order chi connectivity index (χ0) is 25.1. The fourth-order valence-corrected chi connectivity index (χ4v) is 5.40. The predicted molar refractivity (Wildman–Crippen MR) is 136 cm³/mol. The molecule has 1 unspecified atom stereocenters. The van der Waals surface area contributed by atoms with Crippen molar-refractivity contribution < 1.29 is 23.2 Å². The highest BCUT2D eigenvalue weighted by Crippen LogP contribution is 2.34. The van der Waals surface area contributed by atoms with Gasteiger partial charge in [0.05, 0.1) is 25.1 Å². The van der Waals surface area contributed by atoms with Crippen LogP contribution in [0.3, 0.4) is 0 Å². The Kier molecular flexibility index (Phi) is 7.16. The Balaban J connectivity index is 1.36. The average molecular weight is 525 g/mol. The first-order valence-electron chi connectivity index (χ1n) is 11.6. The third kappa shape index (κ3) is 5.20. The Labute approximate surface area is 217 Å². The molecule has 0 N–H and O–H groups in total. The van der Waals surface area contributed by atoms with E-state index in [1.165, 1.54) is 16.0 Å². The summed E-state index contributed by atoms with van der Waals surface area (Å²) >= 11 is 7.84. The van der Waals surface area contributed by atoms with Crippen LogP contribution in [-0.4, -0.2) is 41.3 Å². The van der Waals surface area contributed by atoms with Crippen molar-refractivity contribution in [2.24, 2.45) is 0 Å². The smallest absolute Gasteiger partial charge is 0.290 e. The normalized spacial score (nSPS) is 14.9. The van der Waals surface area contributed by atoms with Crippen molar-refractivity contribution >= 4 is 34.8 Å². The number of aryl methyl sites for hydroxylation is 1. The zero-order valence-electron chi connectivity index (χ0n) is 19.7. The molecule has 4 aromatic rings. The molecule has 0 fully saturated rings. The molecule has 0 saturated heterocycles. The SMILES string of the molecule is Cc1cc(OCC2c3ccsc3CCN2C(=O)CN(Cc2ccco2)C(=O)c2ccco2)ccc1Cl. The zero-order valence-corrected chi connectivity index (χ0v) is 21.3. The molecule has 0 spiro atoms. The van der Waals surface area contributed by atoms with Crippen LogP contribution >= 0.6 is 22.9 Å². The fraction of sp³-hybridized carbons (Fsp3) is 0.259. The largest absolute Gasteiger partial charge is 0.491 e. The summed E-state index contributed by atoms with van der Waals surface area (Å²) in [5, 5.41) is 2.72. The highest BCUT2D eigenvalue weighted by atomic mass is 35.5. The van der Waals surface area contributed by atoms with E-state index >= 15 is 0 Å². The topological polar surface area (TPSA) is 76.1 Å². The van der Waals surface area contributed by atoms with E-state index in [-0.39, 0.29) is 36.7 Å². The number of nitrogens with zero attached hydrogens (tertiary/aromatic N) is 2. The van der Waals surface area contributed by atoms with Gasteiger partial charge in [-0.1, -0.05) is 11.6 Å². The first-order valence-corrected chi connectivity index (χ1v) is 12.8. The molecule has 7 nitrogen and oxygen atoms in total. The van der Waals surface area contributed by atoms with Crippen LogP contribution in [0, 0.1) is 6.92 Å². The van der Waals surface area contributed by atoms with E-state index < -0.39 is 0 Å². The number of furan rings is 2. The fourth-order valence-electron chi connectivity index (χ4n) is 4.36. The van der Waals surface area contributed by atoms with Crippen molar-refractivity contribution in [1.82, 2.24) is 9.80 Å². The number of benzene rings is 1. The van der Waals surface area contributed by atoms with Gasteiger partial charge in [-0.05, 0) is 78.4 Å². The monoisotopic (exact) mass is 524 g/mol. The molecule has 36 heavy (non-hydrogen) atoms. The summed E-state index contributed by atoms with van der Waals surface area (Å²) in [6.07, 6.45) is 3.75. The van der Waals surface area contributed by atoms with Gasteiger partial charge in [0.25, 0.3) is 5.91 Å². The van der Waals surface area contributed by atoms with Crippen LogP contribution < -0.4 is 4.74 Å². The van der Waals surface area contributed by atoms with Crippen LogP contribution in [0.15, 0.2) is 75.3 Å². The number of hydrogen-bond donors (Lipinski definition) is 0. The minimum atomic E-state index is -0.373. The second-order valence-electron chi connectivity index (χ2n) is 8.59. The van der Waals surface area contributed by atoms with Crippen LogP contribution in [0.25, 0.3) is 0 Å². The minimum Gasteiger partial charge on any atom is -0.491 e. The van der Waals surface area contributed by atoms with Crippen LogP contribution in [-0.2, 0) is 17.8 Å². The Hall–Kier alpha value is -3.49. The number of halogens is 1. The van der Waals surface area contributed by atoms with E-state index in [0.717, 1.165) is 17.5 Å². The summed E-state index contributed by atoms with van der Waals surface area (Å²) in [4.78, 5) is 31.3. The van der Waals surface area contributed by atoms with Gasteiger partial charge in [-0.15, -0.1) is 11.3 Å². The van der Waals surface area contributed by atoms with Gasteiger partial charge in [0, 0.05) is 16.4 Å². The summed E-state index contributed by atoms with van der Waals surface area (Å²) in [5.41, 5.74) is 2.01. The summed E-state index contributed by atoms with van der Waals surface area (Å²) in [6, 6.07) is 14.1. The minimum absolute atomic E-state index is 0.115. The van der Waals surface area contributed by atoms with Gasteiger partial charge in [-0.3, -0.25) is 9.59 Å². The molecular formula is C27H25ClN2O5S. The lowest BCUT2D eigenvalue weighted by atomic mass is 10.0. The van der Waals surface area contributed by atoms with E-state index in [9.17, 15) is 9.59 Å². The Morgan fingerprint density at radius 2 is 2.00 bits per heavy atom. The molecule has 1 aromatic carbocycles. The molecule has 1 aliphatic heterocycles. The lowest BCUT2D eigenvalue weighted by Crippen LogP contribution is -2.47. The Morgan fingerprint density at radius 1 is 1.17 bits per heavy atom. The van der Waals surface area contributed by atoms with Crippen LogP contribution in [0.4, 0.5) is 0 Å². The first kappa shape index (κ1) is 24.2. The van der Waals surface area contributed by atoms with Gasteiger partial charge in [0.15, 0.2) is 5.76 Å². The number of carbonyl (C=O) groups excluding carboxylic acids is 2. The van der Waals surface area contributed by atoms with E-state index in [0.29, 0.717) is 29.7 Å². The van der Waals surface area contributed by atoms with Gasteiger partial charge in [0.2, 0.25) is 5.91 Å². The lowest BCUT2D eigenvalue weighted by molar-refractivity contribution is -0.135. The lowest BCUT2D eigenvalue weighted by Gasteiger charge is -2.37. The van der Waals surface area contributed by atoms with Crippen molar-refractivity contribution in [3.63, 3.8) is 0 Å². The maximum absolute atomic E-state index is 13.7. The number of thiophene rings is 1. The maximum Gasteiger partial charge on any atom is 0.290 e. The van der Waals surface area contributed by atoms with Crippen molar-refractivity contribution in [3.8, 4) is 5.75 Å². The molecule has 0 aliphatic carbocycles. The first-order chi connectivity index (χ1) is 17.5. The van der Waals surface area contributed by atoms with Gasteiger partial charge in [-0.2, -0.15) is 0 Å². The predicted octanol–water partition coefficient (Wildman–Crippen LogP) is 5.74. The van der Waals surface area contributed by atoms with E-state index in [1.807, 2.05) is 29.3 Å². The third-order valence-corrected chi connectivity index (χ3v) is 7.65. The van der Waals surface area contributed by atoms with Crippen LogP contribution in [0.1, 0.15) is 38.4 Å². The summed E-state index contributed by atoms with van der Waals surface area (Å²) in [7, 11) is 0. The average Bonchev–Trinajstić information content (AvgIpc) is 3.66. The van der Waals surface area contributed by atoms with E-state index in [2.05, 4.69) is 6.07 Å². The van der Waals surface area contributed by atoms with E-state index in [1.54, 1.807) is 47.9 Å². The number of amides is 2. The Bertz CT molecular complexity index is 1330. The number of rotatable bonds is 8. The molecule has 186 valence electrons. The molecule has 1 aliphatic rings. The number of hydrogen-bond acceptors (Lipinski definition) is 6. The molecule has 9 heteroatoms. The van der Waals surface area contributed by atoms with Crippen molar-refractivity contribution in [2.45, 2.75) is 25.9 Å². The van der Waals surface area contributed by atoms with Gasteiger partial charge in [-0.25, -0.2) is 0 Å².